The number of hydrogen-bond donors (Lipinski definition) is 2. The van der Waals surface area contributed by atoms with Crippen LogP contribution in [0.1, 0.15) is 50.7 Å². The van der Waals surface area contributed by atoms with E-state index in [0.717, 1.165) is 23.3 Å². The van der Waals surface area contributed by atoms with Crippen LogP contribution in [-0.4, -0.2) is 29.7 Å². The molecule has 0 saturated carbocycles. The van der Waals surface area contributed by atoms with Crippen molar-refractivity contribution in [3.63, 3.8) is 0 Å². The van der Waals surface area contributed by atoms with Crippen LogP contribution in [0.4, 0.5) is 0 Å². The number of rotatable bonds is 10. The van der Waals surface area contributed by atoms with Gasteiger partial charge in [-0.25, -0.2) is 0 Å². The normalized spacial score (nSPS) is 16.7. The number of aliphatic carboxylic acids is 1. The van der Waals surface area contributed by atoms with Crippen molar-refractivity contribution < 1.29 is 19.4 Å². The summed E-state index contributed by atoms with van der Waals surface area (Å²) in [7, 11) is 1.66. The lowest BCUT2D eigenvalue weighted by molar-refractivity contribution is -0.139. The Morgan fingerprint density at radius 2 is 2.07 bits per heavy atom. The molecule has 0 aliphatic heterocycles. The van der Waals surface area contributed by atoms with E-state index >= 15 is 0 Å². The number of methoxy groups -OCH3 is 1. The fourth-order valence-electron chi connectivity index (χ4n) is 3.55. The maximum atomic E-state index is 12.3. The molecule has 1 aromatic rings. The van der Waals surface area contributed by atoms with Crippen LogP contribution in [0.25, 0.3) is 6.08 Å². The van der Waals surface area contributed by atoms with Crippen LogP contribution in [0.3, 0.4) is 0 Å². The summed E-state index contributed by atoms with van der Waals surface area (Å²) in [6.07, 6.45) is 6.40. The summed E-state index contributed by atoms with van der Waals surface area (Å²) in [6.45, 7) is 3.85. The first-order valence-corrected chi connectivity index (χ1v) is 9.47. The van der Waals surface area contributed by atoms with Gasteiger partial charge in [0.05, 0.1) is 13.0 Å². The molecule has 0 radical (unpaired) electrons. The number of carboxylic acid groups (broad SMARTS) is 1. The van der Waals surface area contributed by atoms with Crippen LogP contribution < -0.4 is 4.74 Å². The number of carbonyl (C=O) groups is 2. The van der Waals surface area contributed by atoms with E-state index in [4.69, 9.17) is 10.1 Å². The molecule has 2 atom stereocenters. The predicted octanol–water partition coefficient (Wildman–Crippen LogP) is 4.39. The molecule has 0 amide bonds. The van der Waals surface area contributed by atoms with Crippen LogP contribution in [0.15, 0.2) is 24.3 Å². The smallest absolute Gasteiger partial charge is 0.312 e. The van der Waals surface area contributed by atoms with E-state index in [0.29, 0.717) is 19.3 Å². The molecular weight excluding hydrogens is 342 g/mol. The predicted molar refractivity (Wildman–Crippen MR) is 106 cm³/mol. The molecule has 1 aromatic carbocycles. The molecule has 2 unspecified atom stereocenters. The lowest BCUT2D eigenvalue weighted by atomic mass is 9.85. The molecule has 2 rings (SSSR count). The number of allylic oxidation sites excluding steroid dienone is 1. The maximum Gasteiger partial charge on any atom is 0.312 e. The SMILES string of the molecule is COc1cccc2c1CC(CCC(=O)CC(=N)C(CC(C)C)C(=O)O)C=C2. The summed E-state index contributed by atoms with van der Waals surface area (Å²) in [6, 6.07) is 5.97. The summed E-state index contributed by atoms with van der Waals surface area (Å²) < 4.78 is 5.43. The number of nitrogens with one attached hydrogen (secondary N) is 1. The monoisotopic (exact) mass is 371 g/mol. The van der Waals surface area contributed by atoms with Crippen molar-refractivity contribution in [3.8, 4) is 5.75 Å². The fourth-order valence-corrected chi connectivity index (χ4v) is 3.55. The second-order valence-corrected chi connectivity index (χ2v) is 7.65. The second kappa shape index (κ2) is 9.49. The minimum atomic E-state index is -1.01. The van der Waals surface area contributed by atoms with E-state index in [1.54, 1.807) is 7.11 Å². The quantitative estimate of drug-likeness (QED) is 0.597. The number of benzene rings is 1. The highest BCUT2D eigenvalue weighted by atomic mass is 16.5. The van der Waals surface area contributed by atoms with Gasteiger partial charge in [0.2, 0.25) is 0 Å². The minimum Gasteiger partial charge on any atom is -0.496 e. The number of carboxylic acids is 1. The van der Waals surface area contributed by atoms with Gasteiger partial charge in [0.15, 0.2) is 0 Å². The van der Waals surface area contributed by atoms with Gasteiger partial charge < -0.3 is 15.3 Å². The Labute approximate surface area is 160 Å². The molecule has 146 valence electrons. The van der Waals surface area contributed by atoms with Gasteiger partial charge in [-0.1, -0.05) is 38.1 Å². The molecule has 0 spiro atoms. The first-order valence-electron chi connectivity index (χ1n) is 9.47. The van der Waals surface area contributed by atoms with Crippen LogP contribution >= 0.6 is 0 Å². The molecule has 5 heteroatoms. The molecule has 0 fully saturated rings. The van der Waals surface area contributed by atoms with E-state index in [9.17, 15) is 14.7 Å². The lowest BCUT2D eigenvalue weighted by Crippen LogP contribution is -2.27. The summed E-state index contributed by atoms with van der Waals surface area (Å²) >= 11 is 0. The zero-order valence-electron chi connectivity index (χ0n) is 16.3. The highest BCUT2D eigenvalue weighted by molar-refractivity contribution is 6.08. The van der Waals surface area contributed by atoms with E-state index in [2.05, 4.69) is 18.2 Å². The molecule has 1 aliphatic rings. The average molecular weight is 371 g/mol. The van der Waals surface area contributed by atoms with E-state index in [1.165, 1.54) is 0 Å². The molecule has 1 aliphatic carbocycles. The van der Waals surface area contributed by atoms with E-state index in [1.807, 2.05) is 26.0 Å². The molecular formula is C22H29NO4. The van der Waals surface area contributed by atoms with Crippen molar-refractivity contribution in [2.75, 3.05) is 7.11 Å². The Hall–Kier alpha value is -2.43. The van der Waals surface area contributed by atoms with Crippen molar-refractivity contribution in [3.05, 3.63) is 35.4 Å². The number of carbonyl (C=O) groups excluding carboxylic acids is 1. The topological polar surface area (TPSA) is 87.5 Å². The second-order valence-electron chi connectivity index (χ2n) is 7.65. The Kier molecular flexibility index (Phi) is 7.34. The maximum absolute atomic E-state index is 12.3. The van der Waals surface area contributed by atoms with Crippen LogP contribution in [0.5, 0.6) is 5.75 Å². The van der Waals surface area contributed by atoms with Crippen LogP contribution in [0.2, 0.25) is 0 Å². The summed E-state index contributed by atoms with van der Waals surface area (Å²) in [5.74, 6) is -0.649. The summed E-state index contributed by atoms with van der Waals surface area (Å²) in [4.78, 5) is 23.7. The van der Waals surface area contributed by atoms with Gasteiger partial charge in [-0.15, -0.1) is 0 Å². The van der Waals surface area contributed by atoms with Crippen molar-refractivity contribution in [2.45, 2.75) is 46.0 Å². The Balaban J connectivity index is 1.89. The zero-order valence-corrected chi connectivity index (χ0v) is 16.3. The third kappa shape index (κ3) is 5.78. The number of fused-ring (bicyclic) bond motifs is 1. The largest absolute Gasteiger partial charge is 0.496 e. The fraction of sp³-hybridized carbons (Fsp3) is 0.500. The minimum absolute atomic E-state index is 0.0207. The molecule has 0 bridgehead atoms. The molecule has 5 nitrogen and oxygen atoms in total. The third-order valence-corrected chi connectivity index (χ3v) is 5.01. The average Bonchev–Trinajstić information content (AvgIpc) is 2.63. The first kappa shape index (κ1) is 20.9. The molecule has 0 saturated heterocycles. The molecule has 0 aromatic heterocycles. The van der Waals surface area contributed by atoms with Crippen molar-refractivity contribution >= 4 is 23.5 Å². The van der Waals surface area contributed by atoms with Crippen molar-refractivity contribution in [1.29, 1.82) is 5.41 Å². The highest BCUT2D eigenvalue weighted by Gasteiger charge is 2.26. The number of ketones is 1. The van der Waals surface area contributed by atoms with Crippen LogP contribution in [-0.2, 0) is 16.0 Å². The summed E-state index contributed by atoms with van der Waals surface area (Å²) in [5, 5.41) is 17.3. The number of Topliss-reactive ketones (excluding diaryl/α,β-unsaturated/α-hetero) is 1. The molecule has 27 heavy (non-hydrogen) atoms. The first-order chi connectivity index (χ1) is 12.8. The number of ether oxygens (including phenoxy) is 1. The van der Waals surface area contributed by atoms with Gasteiger partial charge in [0.25, 0.3) is 0 Å². The van der Waals surface area contributed by atoms with E-state index < -0.39 is 11.9 Å². The highest BCUT2D eigenvalue weighted by Crippen LogP contribution is 2.32. The van der Waals surface area contributed by atoms with Gasteiger partial charge in [0, 0.05) is 24.1 Å². The standard InChI is InChI=1S/C22H29NO4/c1-14(2)11-19(22(25)26)20(23)13-17(24)10-8-15-7-9-16-5-4-6-21(27-3)18(16)12-15/h4-7,9,14-15,19,23H,8,10-13H2,1-3H3,(H,25,26). The van der Waals surface area contributed by atoms with Gasteiger partial charge in [-0.05, 0) is 42.7 Å². The van der Waals surface area contributed by atoms with Gasteiger partial charge in [-0.2, -0.15) is 0 Å². The van der Waals surface area contributed by atoms with E-state index in [-0.39, 0.29) is 29.8 Å². The van der Waals surface area contributed by atoms with Gasteiger partial charge in [0.1, 0.15) is 11.5 Å². The van der Waals surface area contributed by atoms with Crippen molar-refractivity contribution in [1.82, 2.24) is 0 Å². The van der Waals surface area contributed by atoms with Gasteiger partial charge >= 0.3 is 5.97 Å². The Morgan fingerprint density at radius 3 is 2.70 bits per heavy atom. The Morgan fingerprint density at radius 1 is 1.33 bits per heavy atom. The van der Waals surface area contributed by atoms with Crippen molar-refractivity contribution in [2.24, 2.45) is 17.8 Å². The van der Waals surface area contributed by atoms with Gasteiger partial charge in [-0.3, -0.25) is 9.59 Å². The zero-order chi connectivity index (χ0) is 20.0. The lowest BCUT2D eigenvalue weighted by Gasteiger charge is -2.21. The molecule has 2 N–H and O–H groups in total. The Bertz CT molecular complexity index is 736. The number of hydrogen-bond acceptors (Lipinski definition) is 4. The van der Waals surface area contributed by atoms with Crippen LogP contribution in [0, 0.1) is 23.2 Å². The molecule has 0 heterocycles. The third-order valence-electron chi connectivity index (χ3n) is 5.01. The summed E-state index contributed by atoms with van der Waals surface area (Å²) in [5.41, 5.74) is 2.33.